The van der Waals surface area contributed by atoms with Crippen molar-refractivity contribution in [2.24, 2.45) is 5.73 Å². The van der Waals surface area contributed by atoms with Gasteiger partial charge in [-0.1, -0.05) is 18.2 Å². The number of halogens is 1. The third-order valence-electron chi connectivity index (χ3n) is 2.02. The van der Waals surface area contributed by atoms with Crippen molar-refractivity contribution >= 4 is 5.97 Å². The Balaban J connectivity index is 2.82. The van der Waals surface area contributed by atoms with Crippen molar-refractivity contribution in [1.82, 2.24) is 0 Å². The van der Waals surface area contributed by atoms with E-state index in [9.17, 15) is 9.18 Å². The summed E-state index contributed by atoms with van der Waals surface area (Å²) in [6.07, 6.45) is -1.33. The van der Waals surface area contributed by atoms with Crippen LogP contribution in [0.2, 0.25) is 0 Å². The number of hydrogen-bond acceptors (Lipinski definition) is 3. The van der Waals surface area contributed by atoms with Gasteiger partial charge in [0, 0.05) is 13.3 Å². The molecule has 5 heteroatoms. The van der Waals surface area contributed by atoms with Gasteiger partial charge in [-0.25, -0.2) is 4.39 Å². The van der Waals surface area contributed by atoms with Crippen LogP contribution in [0.1, 0.15) is 12.5 Å². The molecule has 0 fully saturated rings. The standard InChI is InChI=1S/C11H14FNO3/c1-7(12)16-10-5-3-2-4-8(10)6-9(13)11(14)15/h2-5,7,9H,6,13H2,1H3,(H,14,15). The first-order chi connectivity index (χ1) is 7.50. The Morgan fingerprint density at radius 2 is 2.19 bits per heavy atom. The molecule has 0 aromatic heterocycles. The predicted molar refractivity (Wildman–Crippen MR) is 57.0 cm³/mol. The van der Waals surface area contributed by atoms with Gasteiger partial charge in [0.2, 0.25) is 6.36 Å². The molecule has 2 unspecified atom stereocenters. The Hall–Kier alpha value is -1.62. The van der Waals surface area contributed by atoms with Gasteiger partial charge in [0.25, 0.3) is 0 Å². The van der Waals surface area contributed by atoms with Crippen LogP contribution >= 0.6 is 0 Å². The maximum absolute atomic E-state index is 12.7. The normalized spacial score (nSPS) is 14.2. The molecule has 0 aliphatic heterocycles. The molecular formula is C11H14FNO3. The lowest BCUT2D eigenvalue weighted by atomic mass is 10.1. The summed E-state index contributed by atoms with van der Waals surface area (Å²) in [6.45, 7) is 1.26. The fourth-order valence-corrected chi connectivity index (χ4v) is 1.29. The Labute approximate surface area is 92.8 Å². The SMILES string of the molecule is CC(F)Oc1ccccc1CC(N)C(=O)O. The minimum atomic E-state index is -1.44. The smallest absolute Gasteiger partial charge is 0.320 e. The second-order valence-electron chi connectivity index (χ2n) is 3.42. The molecular weight excluding hydrogens is 213 g/mol. The third kappa shape index (κ3) is 3.51. The number of rotatable bonds is 5. The van der Waals surface area contributed by atoms with E-state index in [-0.39, 0.29) is 6.42 Å². The average Bonchev–Trinajstić information content (AvgIpc) is 2.20. The van der Waals surface area contributed by atoms with E-state index in [1.165, 1.54) is 6.92 Å². The highest BCUT2D eigenvalue weighted by molar-refractivity contribution is 5.73. The number of carbonyl (C=O) groups is 1. The van der Waals surface area contributed by atoms with E-state index in [1.807, 2.05) is 0 Å². The maximum Gasteiger partial charge on any atom is 0.320 e. The average molecular weight is 227 g/mol. The predicted octanol–water partition coefficient (Wildman–Crippen LogP) is 1.34. The highest BCUT2D eigenvalue weighted by Gasteiger charge is 2.15. The lowest BCUT2D eigenvalue weighted by Crippen LogP contribution is -2.32. The van der Waals surface area contributed by atoms with Gasteiger partial charge >= 0.3 is 5.97 Å². The fraction of sp³-hybridized carbons (Fsp3) is 0.364. The summed E-state index contributed by atoms with van der Waals surface area (Å²) in [5, 5.41) is 8.68. The zero-order valence-electron chi connectivity index (χ0n) is 8.89. The summed E-state index contributed by atoms with van der Waals surface area (Å²) in [6, 6.07) is 5.65. The van der Waals surface area contributed by atoms with Crippen LogP contribution in [-0.4, -0.2) is 23.5 Å². The van der Waals surface area contributed by atoms with Crippen molar-refractivity contribution in [2.75, 3.05) is 0 Å². The van der Waals surface area contributed by atoms with Gasteiger partial charge < -0.3 is 15.6 Å². The van der Waals surface area contributed by atoms with Gasteiger partial charge in [0.15, 0.2) is 0 Å². The molecule has 16 heavy (non-hydrogen) atoms. The van der Waals surface area contributed by atoms with E-state index in [0.717, 1.165) is 0 Å². The Kier molecular flexibility index (Phi) is 4.25. The fourth-order valence-electron chi connectivity index (χ4n) is 1.29. The molecule has 2 atom stereocenters. The van der Waals surface area contributed by atoms with Crippen LogP contribution in [0.15, 0.2) is 24.3 Å². The van der Waals surface area contributed by atoms with Crippen molar-refractivity contribution in [3.05, 3.63) is 29.8 Å². The number of aliphatic carboxylic acids is 1. The molecule has 4 nitrogen and oxygen atoms in total. The van der Waals surface area contributed by atoms with Crippen molar-refractivity contribution in [3.63, 3.8) is 0 Å². The molecule has 0 amide bonds. The molecule has 1 aromatic rings. The van der Waals surface area contributed by atoms with Crippen molar-refractivity contribution in [3.8, 4) is 5.75 Å². The Morgan fingerprint density at radius 3 is 2.75 bits per heavy atom. The number of benzene rings is 1. The molecule has 0 saturated carbocycles. The lowest BCUT2D eigenvalue weighted by molar-refractivity contribution is -0.138. The molecule has 0 radical (unpaired) electrons. The number of alkyl halides is 1. The van der Waals surface area contributed by atoms with Gasteiger partial charge in [-0.05, 0) is 11.6 Å². The van der Waals surface area contributed by atoms with E-state index in [4.69, 9.17) is 15.6 Å². The summed E-state index contributed by atoms with van der Waals surface area (Å²) >= 11 is 0. The lowest BCUT2D eigenvalue weighted by Gasteiger charge is -2.13. The number of nitrogens with two attached hydrogens (primary N) is 1. The first-order valence-corrected chi connectivity index (χ1v) is 4.87. The van der Waals surface area contributed by atoms with Gasteiger partial charge in [0.1, 0.15) is 11.8 Å². The largest absolute Gasteiger partial charge is 0.480 e. The van der Waals surface area contributed by atoms with Crippen LogP contribution in [0, 0.1) is 0 Å². The molecule has 3 N–H and O–H groups in total. The summed E-state index contributed by atoms with van der Waals surface area (Å²) < 4.78 is 17.6. The van der Waals surface area contributed by atoms with Crippen LogP contribution < -0.4 is 10.5 Å². The van der Waals surface area contributed by atoms with Crippen molar-refractivity contribution in [2.45, 2.75) is 25.7 Å². The van der Waals surface area contributed by atoms with Gasteiger partial charge in [0.05, 0.1) is 0 Å². The number of para-hydroxylation sites is 1. The molecule has 0 spiro atoms. The topological polar surface area (TPSA) is 72.5 Å². The molecule has 88 valence electrons. The molecule has 1 rings (SSSR count). The summed E-state index contributed by atoms with van der Waals surface area (Å²) in [5.74, 6) is -0.766. The number of hydrogen-bond donors (Lipinski definition) is 2. The monoisotopic (exact) mass is 227 g/mol. The zero-order valence-corrected chi connectivity index (χ0v) is 8.89. The summed E-state index contributed by atoms with van der Waals surface area (Å²) in [4.78, 5) is 10.6. The molecule has 0 aliphatic carbocycles. The zero-order chi connectivity index (χ0) is 12.1. The Bertz CT molecular complexity index is 368. The summed E-state index contributed by atoms with van der Waals surface area (Å²) in [5.41, 5.74) is 5.98. The second-order valence-corrected chi connectivity index (χ2v) is 3.42. The van der Waals surface area contributed by atoms with Crippen LogP contribution in [0.3, 0.4) is 0 Å². The van der Waals surface area contributed by atoms with Gasteiger partial charge in [-0.3, -0.25) is 4.79 Å². The van der Waals surface area contributed by atoms with E-state index in [1.54, 1.807) is 24.3 Å². The molecule has 0 bridgehead atoms. The van der Waals surface area contributed by atoms with Crippen molar-refractivity contribution < 1.29 is 19.0 Å². The first-order valence-electron chi connectivity index (χ1n) is 4.87. The van der Waals surface area contributed by atoms with Crippen LogP contribution in [0.5, 0.6) is 5.75 Å². The van der Waals surface area contributed by atoms with E-state index in [2.05, 4.69) is 0 Å². The van der Waals surface area contributed by atoms with E-state index < -0.39 is 18.4 Å². The second kappa shape index (κ2) is 5.46. The maximum atomic E-state index is 12.7. The summed E-state index contributed by atoms with van der Waals surface area (Å²) in [7, 11) is 0. The minimum Gasteiger partial charge on any atom is -0.480 e. The van der Waals surface area contributed by atoms with E-state index in [0.29, 0.717) is 11.3 Å². The molecule has 0 saturated heterocycles. The number of ether oxygens (including phenoxy) is 1. The van der Waals surface area contributed by atoms with E-state index >= 15 is 0 Å². The van der Waals surface area contributed by atoms with Crippen LogP contribution in [0.25, 0.3) is 0 Å². The third-order valence-corrected chi connectivity index (χ3v) is 2.02. The van der Waals surface area contributed by atoms with Gasteiger partial charge in [-0.15, -0.1) is 0 Å². The highest BCUT2D eigenvalue weighted by atomic mass is 19.1. The van der Waals surface area contributed by atoms with Gasteiger partial charge in [-0.2, -0.15) is 0 Å². The molecule has 0 aliphatic rings. The minimum absolute atomic E-state index is 0.109. The first kappa shape index (κ1) is 12.4. The van der Waals surface area contributed by atoms with Crippen molar-refractivity contribution in [1.29, 1.82) is 0 Å². The molecule has 0 heterocycles. The Morgan fingerprint density at radius 1 is 1.56 bits per heavy atom. The number of carboxylic acids is 1. The molecule has 1 aromatic carbocycles. The highest BCUT2D eigenvalue weighted by Crippen LogP contribution is 2.20. The number of carboxylic acid groups (broad SMARTS) is 1. The van der Waals surface area contributed by atoms with Crippen LogP contribution in [0.4, 0.5) is 4.39 Å². The quantitative estimate of drug-likeness (QED) is 0.796. The van der Waals surface area contributed by atoms with Crippen LogP contribution in [-0.2, 0) is 11.2 Å².